The number of ether oxygens (including phenoxy) is 1. The van der Waals surface area contributed by atoms with E-state index in [1.165, 1.54) is 30.2 Å². The number of piperidine rings is 1. The molecule has 146 valence electrons. The van der Waals surface area contributed by atoms with Crippen LogP contribution in [0.3, 0.4) is 0 Å². The summed E-state index contributed by atoms with van der Waals surface area (Å²) < 4.78 is 21.1. The molecule has 0 unspecified atom stereocenters. The maximum atomic E-state index is 14.3. The van der Waals surface area contributed by atoms with E-state index in [2.05, 4.69) is 19.4 Å². The topological polar surface area (TPSA) is 38.3 Å². The lowest BCUT2D eigenvalue weighted by Gasteiger charge is -2.43. The maximum absolute atomic E-state index is 14.3. The average Bonchev–Trinajstić information content (AvgIpc) is 3.11. The highest BCUT2D eigenvalue weighted by Gasteiger charge is 2.49. The summed E-state index contributed by atoms with van der Waals surface area (Å²) in [4.78, 5) is 12.5. The highest BCUT2D eigenvalue weighted by Crippen LogP contribution is 2.40. The Kier molecular flexibility index (Phi) is 5.93. The van der Waals surface area contributed by atoms with Gasteiger partial charge in [-0.2, -0.15) is 11.3 Å². The molecule has 0 saturated carbocycles. The molecule has 1 amide bonds. The third kappa shape index (κ3) is 3.91. The lowest BCUT2D eigenvalue weighted by molar-refractivity contribution is -0.931. The van der Waals surface area contributed by atoms with Crippen molar-refractivity contribution < 1.29 is 35.4 Å². The molecule has 1 N–H and O–H groups in total. The molecule has 1 aromatic carbocycles. The zero-order chi connectivity index (χ0) is 18.3. The number of nitrogens with zero attached hydrogens (tertiary/aromatic N) is 1. The van der Waals surface area contributed by atoms with E-state index in [0.29, 0.717) is 23.3 Å². The lowest BCUT2D eigenvalue weighted by Crippen LogP contribution is -3.00. The van der Waals surface area contributed by atoms with Gasteiger partial charge in [-0.1, -0.05) is 6.07 Å². The molecule has 2 saturated heterocycles. The molecule has 2 aliphatic heterocycles. The van der Waals surface area contributed by atoms with Crippen molar-refractivity contribution in [2.24, 2.45) is 0 Å². The Labute approximate surface area is 173 Å². The molecule has 3 atom stereocenters. The number of fused-ring (bicyclic) bond motifs is 2. The number of carbonyl (C=O) groups is 1. The molecule has 4 rings (SSSR count). The van der Waals surface area contributed by atoms with Crippen LogP contribution in [0.25, 0.3) is 11.1 Å². The number of thiophene rings is 1. The molecule has 2 aromatic rings. The molecule has 2 bridgehead atoms. The van der Waals surface area contributed by atoms with Crippen LogP contribution in [-0.4, -0.2) is 42.9 Å². The van der Waals surface area contributed by atoms with Crippen molar-refractivity contribution in [2.75, 3.05) is 19.4 Å². The van der Waals surface area contributed by atoms with Gasteiger partial charge in [0.05, 0.1) is 31.9 Å². The van der Waals surface area contributed by atoms with Crippen LogP contribution >= 0.6 is 11.3 Å². The molecule has 7 heteroatoms. The number of hydrogen-bond donors (Lipinski definition) is 1. The normalized spacial score (nSPS) is 25.5. The number of halogens is 2. The van der Waals surface area contributed by atoms with Crippen molar-refractivity contribution >= 4 is 23.1 Å². The first kappa shape index (κ1) is 20.3. The van der Waals surface area contributed by atoms with Crippen LogP contribution in [-0.2, 0) is 4.74 Å². The molecular formula is C20H24BrFN2O2S. The van der Waals surface area contributed by atoms with Crippen LogP contribution in [0.2, 0.25) is 0 Å². The second-order valence-electron chi connectivity index (χ2n) is 7.81. The molecule has 27 heavy (non-hydrogen) atoms. The van der Waals surface area contributed by atoms with Gasteiger partial charge in [0.1, 0.15) is 11.9 Å². The van der Waals surface area contributed by atoms with Crippen LogP contribution in [0.15, 0.2) is 35.0 Å². The minimum absolute atomic E-state index is 0. The molecule has 4 nitrogen and oxygen atoms in total. The fraction of sp³-hybridized carbons (Fsp3) is 0.450. The molecule has 2 aliphatic rings. The van der Waals surface area contributed by atoms with Gasteiger partial charge in [-0.3, -0.25) is 5.32 Å². The van der Waals surface area contributed by atoms with Gasteiger partial charge in [-0.15, -0.1) is 0 Å². The SMILES string of the molecule is C[N+]1(C)[C@@H]2CC[C@H]1C[C@@H](OC(=O)Nc1cccc(F)c1-c1ccsc1)C2.[Br-]. The fourth-order valence-corrected chi connectivity index (χ4v) is 5.19. The number of anilines is 1. The number of nitrogens with one attached hydrogen (secondary N) is 1. The largest absolute Gasteiger partial charge is 1.00 e. The van der Waals surface area contributed by atoms with Crippen molar-refractivity contribution in [2.45, 2.75) is 43.9 Å². The zero-order valence-electron chi connectivity index (χ0n) is 15.5. The average molecular weight is 455 g/mol. The molecule has 0 radical (unpaired) electrons. The summed E-state index contributed by atoms with van der Waals surface area (Å²) in [6.45, 7) is 0. The third-order valence-electron chi connectivity index (χ3n) is 6.12. The molecule has 1 aromatic heterocycles. The van der Waals surface area contributed by atoms with Crippen molar-refractivity contribution in [3.05, 3.63) is 40.8 Å². The smallest absolute Gasteiger partial charge is 0.411 e. The highest BCUT2D eigenvalue weighted by molar-refractivity contribution is 7.08. The van der Waals surface area contributed by atoms with Gasteiger partial charge in [-0.25, -0.2) is 9.18 Å². The minimum atomic E-state index is -0.497. The Morgan fingerprint density at radius 1 is 1.22 bits per heavy atom. The van der Waals surface area contributed by atoms with Gasteiger partial charge < -0.3 is 26.2 Å². The van der Waals surface area contributed by atoms with Crippen LogP contribution < -0.4 is 22.3 Å². The number of quaternary nitrogens is 1. The molecule has 2 fully saturated rings. The van der Waals surface area contributed by atoms with Crippen LogP contribution in [0.1, 0.15) is 25.7 Å². The van der Waals surface area contributed by atoms with Gasteiger partial charge in [0.15, 0.2) is 0 Å². The summed E-state index contributed by atoms with van der Waals surface area (Å²) in [6.07, 6.45) is 3.64. The van der Waals surface area contributed by atoms with Crippen molar-refractivity contribution in [3.8, 4) is 11.1 Å². The third-order valence-corrected chi connectivity index (χ3v) is 6.80. The summed E-state index contributed by atoms with van der Waals surface area (Å²) in [7, 11) is 4.55. The quantitative estimate of drug-likeness (QED) is 0.718. The van der Waals surface area contributed by atoms with E-state index in [9.17, 15) is 9.18 Å². The summed E-state index contributed by atoms with van der Waals surface area (Å²) >= 11 is 1.49. The van der Waals surface area contributed by atoms with Crippen LogP contribution in [0.5, 0.6) is 0 Å². The lowest BCUT2D eigenvalue weighted by atomic mass is 9.98. The zero-order valence-corrected chi connectivity index (χ0v) is 17.9. The van der Waals surface area contributed by atoms with Gasteiger partial charge in [0.25, 0.3) is 0 Å². The first-order valence-corrected chi connectivity index (χ1v) is 10.0. The van der Waals surface area contributed by atoms with E-state index in [-0.39, 0.29) is 28.9 Å². The van der Waals surface area contributed by atoms with Gasteiger partial charge in [-0.05, 0) is 34.5 Å². The van der Waals surface area contributed by atoms with Gasteiger partial charge >= 0.3 is 6.09 Å². The van der Waals surface area contributed by atoms with E-state index >= 15 is 0 Å². The summed E-state index contributed by atoms with van der Waals surface area (Å²) in [5.41, 5.74) is 1.62. The predicted molar refractivity (Wildman–Crippen MR) is 102 cm³/mol. The fourth-order valence-electron chi connectivity index (χ4n) is 4.55. The predicted octanol–water partition coefficient (Wildman–Crippen LogP) is 1.88. The van der Waals surface area contributed by atoms with Crippen molar-refractivity contribution in [3.63, 3.8) is 0 Å². The van der Waals surface area contributed by atoms with Crippen LogP contribution in [0, 0.1) is 5.82 Å². The monoisotopic (exact) mass is 454 g/mol. The number of carbonyl (C=O) groups excluding carboxylic acids is 1. The number of hydrogen-bond acceptors (Lipinski definition) is 3. The van der Waals surface area contributed by atoms with Crippen molar-refractivity contribution in [1.29, 1.82) is 0 Å². The van der Waals surface area contributed by atoms with E-state index < -0.39 is 6.09 Å². The van der Waals surface area contributed by atoms with E-state index in [1.54, 1.807) is 12.1 Å². The van der Waals surface area contributed by atoms with E-state index in [0.717, 1.165) is 22.9 Å². The summed E-state index contributed by atoms with van der Waals surface area (Å²) in [5, 5.41) is 6.52. The van der Waals surface area contributed by atoms with E-state index in [1.807, 2.05) is 16.8 Å². The second kappa shape index (κ2) is 7.89. The number of amides is 1. The molecule has 3 heterocycles. The Morgan fingerprint density at radius 3 is 2.56 bits per heavy atom. The molecule has 0 aliphatic carbocycles. The second-order valence-corrected chi connectivity index (χ2v) is 8.59. The molecular weight excluding hydrogens is 431 g/mol. The van der Waals surface area contributed by atoms with Gasteiger partial charge in [0.2, 0.25) is 0 Å². The Bertz CT molecular complexity index is 796. The standard InChI is InChI=1S/C20H23FN2O2S.BrH/c1-23(2)14-6-7-15(23)11-16(10-14)25-20(24)22-18-5-3-4-17(21)19(18)13-8-9-26-12-13;/h3-5,8-9,12,14-16H,6-7,10-11H2,1-2H3;1H/t14-,15+,16+;. The minimum Gasteiger partial charge on any atom is -1.00 e. The van der Waals surface area contributed by atoms with Crippen LogP contribution in [0.4, 0.5) is 14.9 Å². The Morgan fingerprint density at radius 2 is 1.93 bits per heavy atom. The Balaban J connectivity index is 0.00000210. The first-order chi connectivity index (χ1) is 12.4. The maximum Gasteiger partial charge on any atom is 0.411 e. The Hall–Kier alpha value is -1.44. The highest BCUT2D eigenvalue weighted by atomic mass is 79.9. The molecule has 0 spiro atoms. The summed E-state index contributed by atoms with van der Waals surface area (Å²) in [5.74, 6) is -0.351. The van der Waals surface area contributed by atoms with E-state index in [4.69, 9.17) is 4.74 Å². The number of rotatable bonds is 3. The first-order valence-electron chi connectivity index (χ1n) is 9.07. The number of benzene rings is 1. The summed E-state index contributed by atoms with van der Waals surface area (Å²) in [6, 6.07) is 7.67. The van der Waals surface area contributed by atoms with Crippen molar-refractivity contribution in [1.82, 2.24) is 0 Å². The van der Waals surface area contributed by atoms with Gasteiger partial charge in [0, 0.05) is 31.2 Å².